The Bertz CT molecular complexity index is 1330. The van der Waals surface area contributed by atoms with Crippen LogP contribution in [0.4, 0.5) is 30.9 Å². The number of amides is 1. The predicted octanol–water partition coefficient (Wildman–Crippen LogP) is 2.97. The number of nitrogens with zero attached hydrogens (tertiary/aromatic N) is 6. The Labute approximate surface area is 186 Å². The summed E-state index contributed by atoms with van der Waals surface area (Å²) in [6, 6.07) is 7.43. The number of hydrogen-bond acceptors (Lipinski definition) is 8. The number of nitrogen functional groups attached to an aromatic ring is 2. The van der Waals surface area contributed by atoms with Crippen molar-refractivity contribution in [1.29, 1.82) is 0 Å². The van der Waals surface area contributed by atoms with E-state index in [9.17, 15) is 13.6 Å². The Balaban J connectivity index is 1.82. The van der Waals surface area contributed by atoms with Crippen LogP contribution >= 0.6 is 0 Å². The number of carbonyl (C=O) groups excluding carboxylic acids is 1. The molecule has 1 aromatic carbocycles. The molecule has 4 aromatic rings. The van der Waals surface area contributed by atoms with Crippen molar-refractivity contribution in [1.82, 2.24) is 24.7 Å². The number of fused-ring (bicyclic) bond motifs is 1. The number of hydrogen-bond donors (Lipinski definition) is 2. The zero-order chi connectivity index (χ0) is 23.7. The van der Waals surface area contributed by atoms with Gasteiger partial charge in [-0.1, -0.05) is 18.2 Å². The number of carbonyl (C=O) groups is 1. The molecule has 12 heteroatoms. The summed E-state index contributed by atoms with van der Waals surface area (Å²) in [6.07, 6.45) is 0.352. The van der Waals surface area contributed by atoms with Gasteiger partial charge in [0.1, 0.15) is 23.0 Å². The van der Waals surface area contributed by atoms with Crippen LogP contribution in [0.1, 0.15) is 12.5 Å². The maximum absolute atomic E-state index is 14.2. The molecule has 3 aromatic heterocycles. The molecule has 4 rings (SSSR count). The van der Waals surface area contributed by atoms with Gasteiger partial charge in [-0.25, -0.2) is 33.2 Å². The van der Waals surface area contributed by atoms with Gasteiger partial charge in [0.05, 0.1) is 24.7 Å². The number of anilines is 3. The van der Waals surface area contributed by atoms with Crippen molar-refractivity contribution < 1.29 is 18.3 Å². The predicted molar refractivity (Wildman–Crippen MR) is 118 cm³/mol. The fraction of sp³-hybridized carbons (Fsp3) is 0.190. The van der Waals surface area contributed by atoms with Gasteiger partial charge in [-0.2, -0.15) is 5.10 Å². The molecule has 3 heterocycles. The van der Waals surface area contributed by atoms with E-state index in [0.717, 1.165) is 11.1 Å². The third-order valence-electron chi connectivity index (χ3n) is 4.86. The molecule has 1 amide bonds. The van der Waals surface area contributed by atoms with E-state index in [4.69, 9.17) is 16.2 Å². The van der Waals surface area contributed by atoms with Gasteiger partial charge in [-0.3, -0.25) is 4.90 Å². The minimum atomic E-state index is -0.682. The number of rotatable bonds is 5. The van der Waals surface area contributed by atoms with Crippen molar-refractivity contribution >= 4 is 34.4 Å². The van der Waals surface area contributed by atoms with E-state index in [1.807, 2.05) is 0 Å². The Kier molecular flexibility index (Phi) is 5.73. The Morgan fingerprint density at radius 1 is 1.18 bits per heavy atom. The number of nitrogens with two attached hydrogens (primary N) is 2. The molecule has 33 heavy (non-hydrogen) atoms. The van der Waals surface area contributed by atoms with Crippen LogP contribution in [0, 0.1) is 11.6 Å². The summed E-state index contributed by atoms with van der Waals surface area (Å²) in [6.45, 7) is 1.86. The van der Waals surface area contributed by atoms with Crippen molar-refractivity contribution in [3.05, 3.63) is 53.7 Å². The van der Waals surface area contributed by atoms with Gasteiger partial charge >= 0.3 is 6.09 Å². The molecule has 0 bridgehead atoms. The highest BCUT2D eigenvalue weighted by atomic mass is 19.1. The standard InChI is InChI=1S/C21H20F2N8O2/c1-3-33-21(32)30(2)16-17(24)27-19(28-18(16)25)15-13-8-12(22)9-26-20(13)31(29-15)10-11-6-4-5-7-14(11)23/h4-9H,3,10H2,1-2H3,(H4,24,25,27,28). The lowest BCUT2D eigenvalue weighted by atomic mass is 10.2. The van der Waals surface area contributed by atoms with E-state index in [-0.39, 0.29) is 47.4 Å². The third kappa shape index (κ3) is 4.10. The van der Waals surface area contributed by atoms with Crippen LogP contribution in [-0.4, -0.2) is 44.5 Å². The highest BCUT2D eigenvalue weighted by Crippen LogP contribution is 2.32. The molecule has 0 fully saturated rings. The molecule has 0 unspecified atom stereocenters. The fourth-order valence-corrected chi connectivity index (χ4v) is 3.35. The van der Waals surface area contributed by atoms with Crippen LogP contribution in [0.15, 0.2) is 36.5 Å². The summed E-state index contributed by atoms with van der Waals surface area (Å²) >= 11 is 0. The zero-order valence-corrected chi connectivity index (χ0v) is 17.8. The van der Waals surface area contributed by atoms with E-state index in [1.54, 1.807) is 25.1 Å². The van der Waals surface area contributed by atoms with Gasteiger partial charge < -0.3 is 16.2 Å². The number of ether oxygens (including phenoxy) is 1. The second-order valence-corrected chi connectivity index (χ2v) is 7.05. The lowest BCUT2D eigenvalue weighted by Gasteiger charge is -2.19. The molecule has 0 spiro atoms. The minimum absolute atomic E-state index is 0.00399. The molecular formula is C21H20F2N8O2. The number of halogens is 2. The van der Waals surface area contributed by atoms with Crippen LogP contribution in [0.25, 0.3) is 22.6 Å². The lowest BCUT2D eigenvalue weighted by Crippen LogP contribution is -2.29. The Hall–Kier alpha value is -4.35. The van der Waals surface area contributed by atoms with Crippen LogP contribution in [-0.2, 0) is 11.3 Å². The maximum atomic E-state index is 14.2. The first-order valence-electron chi connectivity index (χ1n) is 9.89. The fourth-order valence-electron chi connectivity index (χ4n) is 3.35. The molecule has 0 aliphatic carbocycles. The SMILES string of the molecule is CCOC(=O)N(C)c1c(N)nc(-c2nn(Cc3ccccc3F)c3ncc(F)cc23)nc1N. The van der Waals surface area contributed by atoms with Gasteiger partial charge in [-0.15, -0.1) is 0 Å². The van der Waals surface area contributed by atoms with Crippen LogP contribution < -0.4 is 16.4 Å². The van der Waals surface area contributed by atoms with Gasteiger partial charge in [0.25, 0.3) is 0 Å². The summed E-state index contributed by atoms with van der Waals surface area (Å²) in [7, 11) is 1.42. The van der Waals surface area contributed by atoms with Gasteiger partial charge in [-0.05, 0) is 19.1 Å². The summed E-state index contributed by atoms with van der Waals surface area (Å²) in [5.74, 6) is -1.23. The average Bonchev–Trinajstić information content (AvgIpc) is 3.12. The largest absolute Gasteiger partial charge is 0.449 e. The molecule has 0 aliphatic rings. The molecular weight excluding hydrogens is 434 g/mol. The minimum Gasteiger partial charge on any atom is -0.449 e. The van der Waals surface area contributed by atoms with Gasteiger partial charge in [0, 0.05) is 12.6 Å². The second-order valence-electron chi connectivity index (χ2n) is 7.05. The molecule has 0 radical (unpaired) electrons. The molecule has 0 saturated carbocycles. The number of pyridine rings is 1. The summed E-state index contributed by atoms with van der Waals surface area (Å²) < 4.78 is 34.6. The molecule has 4 N–H and O–H groups in total. The van der Waals surface area contributed by atoms with Gasteiger partial charge in [0.15, 0.2) is 23.1 Å². The highest BCUT2D eigenvalue weighted by Gasteiger charge is 2.24. The molecule has 0 saturated heterocycles. The average molecular weight is 454 g/mol. The first-order valence-corrected chi connectivity index (χ1v) is 9.89. The second kappa shape index (κ2) is 8.65. The highest BCUT2D eigenvalue weighted by molar-refractivity contribution is 5.96. The summed E-state index contributed by atoms with van der Waals surface area (Å²) in [5, 5.41) is 4.73. The van der Waals surface area contributed by atoms with Crippen molar-refractivity contribution in [3.8, 4) is 11.5 Å². The lowest BCUT2D eigenvalue weighted by molar-refractivity contribution is 0.161. The Morgan fingerprint density at radius 3 is 2.55 bits per heavy atom. The third-order valence-corrected chi connectivity index (χ3v) is 4.86. The number of benzene rings is 1. The first-order chi connectivity index (χ1) is 15.8. The van der Waals surface area contributed by atoms with Crippen molar-refractivity contribution in [2.24, 2.45) is 0 Å². The number of aromatic nitrogens is 5. The molecule has 0 atom stereocenters. The monoisotopic (exact) mass is 454 g/mol. The van der Waals surface area contributed by atoms with E-state index in [1.165, 1.54) is 23.9 Å². The van der Waals surface area contributed by atoms with E-state index in [2.05, 4.69) is 20.1 Å². The van der Waals surface area contributed by atoms with E-state index < -0.39 is 17.7 Å². The molecule has 170 valence electrons. The molecule has 0 aliphatic heterocycles. The maximum Gasteiger partial charge on any atom is 0.414 e. The van der Waals surface area contributed by atoms with Gasteiger partial charge in [0.2, 0.25) is 0 Å². The van der Waals surface area contributed by atoms with E-state index in [0.29, 0.717) is 11.2 Å². The summed E-state index contributed by atoms with van der Waals surface area (Å²) in [4.78, 5) is 25.7. The van der Waals surface area contributed by atoms with Crippen molar-refractivity contribution in [2.75, 3.05) is 30.0 Å². The zero-order valence-electron chi connectivity index (χ0n) is 17.8. The smallest absolute Gasteiger partial charge is 0.414 e. The topological polar surface area (TPSA) is 138 Å². The van der Waals surface area contributed by atoms with Crippen LogP contribution in [0.3, 0.4) is 0 Å². The van der Waals surface area contributed by atoms with Crippen LogP contribution in [0.2, 0.25) is 0 Å². The van der Waals surface area contributed by atoms with Crippen molar-refractivity contribution in [2.45, 2.75) is 13.5 Å². The van der Waals surface area contributed by atoms with E-state index >= 15 is 0 Å². The normalized spacial score (nSPS) is 11.0. The molecule has 10 nitrogen and oxygen atoms in total. The Morgan fingerprint density at radius 2 is 1.88 bits per heavy atom. The van der Waals surface area contributed by atoms with Crippen LogP contribution in [0.5, 0.6) is 0 Å². The first kappa shape index (κ1) is 21.9. The summed E-state index contributed by atoms with van der Waals surface area (Å²) in [5.41, 5.74) is 13.0. The van der Waals surface area contributed by atoms with Crippen molar-refractivity contribution in [3.63, 3.8) is 0 Å². The quantitative estimate of drug-likeness (QED) is 0.469.